The van der Waals surface area contributed by atoms with Gasteiger partial charge in [0.25, 0.3) is 0 Å². The summed E-state index contributed by atoms with van der Waals surface area (Å²) in [7, 11) is 0. The Balaban J connectivity index is 2.39. The minimum atomic E-state index is -0.428. The number of aromatic amines is 1. The highest BCUT2D eigenvalue weighted by atomic mass is 35.5. The molecule has 17 heavy (non-hydrogen) atoms. The predicted octanol–water partition coefficient (Wildman–Crippen LogP) is 2.70. The lowest BCUT2D eigenvalue weighted by Gasteiger charge is -1.97. The number of hydrogen-bond donors (Lipinski definition) is 1. The molecule has 2 heterocycles. The monoisotopic (exact) mass is 252 g/mol. The van der Waals surface area contributed by atoms with Gasteiger partial charge in [0.05, 0.1) is 11.0 Å². The van der Waals surface area contributed by atoms with Crippen molar-refractivity contribution in [2.24, 2.45) is 0 Å². The van der Waals surface area contributed by atoms with E-state index in [4.69, 9.17) is 16.0 Å². The van der Waals surface area contributed by atoms with E-state index in [0.717, 1.165) is 0 Å². The summed E-state index contributed by atoms with van der Waals surface area (Å²) in [5, 5.41) is 0.164. The molecule has 0 bridgehead atoms. The fourth-order valence-electron chi connectivity index (χ4n) is 1.72. The minimum absolute atomic E-state index is 0.164. The third-order valence-corrected chi connectivity index (χ3v) is 2.63. The largest absolute Gasteiger partial charge is 0.428 e. The van der Waals surface area contributed by atoms with Crippen LogP contribution in [0.2, 0.25) is 5.22 Å². The van der Waals surface area contributed by atoms with Gasteiger partial charge in [-0.25, -0.2) is 13.8 Å². The Morgan fingerprint density at radius 1 is 1.29 bits per heavy atom. The molecule has 0 aliphatic carbocycles. The molecule has 3 aromatic rings. The molecule has 6 heteroatoms. The van der Waals surface area contributed by atoms with Gasteiger partial charge in [0, 0.05) is 12.1 Å². The number of hydrogen-bond acceptors (Lipinski definition) is 2. The van der Waals surface area contributed by atoms with Crippen LogP contribution in [0.15, 0.2) is 39.5 Å². The zero-order chi connectivity index (χ0) is 12.0. The first-order chi connectivity index (χ1) is 8.15. The second kappa shape index (κ2) is 3.49. The van der Waals surface area contributed by atoms with E-state index in [1.807, 2.05) is 0 Å². The van der Waals surface area contributed by atoms with Crippen LogP contribution in [0.5, 0.6) is 0 Å². The Morgan fingerprint density at radius 2 is 2.12 bits per heavy atom. The highest BCUT2D eigenvalue weighted by molar-refractivity contribution is 6.28. The number of imidazole rings is 1. The van der Waals surface area contributed by atoms with E-state index < -0.39 is 11.5 Å². The van der Waals surface area contributed by atoms with Gasteiger partial charge in [0.15, 0.2) is 5.22 Å². The number of H-pyrrole nitrogens is 1. The van der Waals surface area contributed by atoms with Gasteiger partial charge in [-0.1, -0.05) is 0 Å². The molecule has 2 aromatic heterocycles. The highest BCUT2D eigenvalue weighted by Crippen LogP contribution is 2.20. The van der Waals surface area contributed by atoms with Crippen LogP contribution in [0.3, 0.4) is 0 Å². The summed E-state index contributed by atoms with van der Waals surface area (Å²) >= 11 is 5.65. The third-order valence-electron chi connectivity index (χ3n) is 2.42. The topological polar surface area (TPSA) is 50.9 Å². The van der Waals surface area contributed by atoms with E-state index >= 15 is 0 Å². The predicted molar refractivity (Wildman–Crippen MR) is 61.1 cm³/mol. The van der Waals surface area contributed by atoms with E-state index in [0.29, 0.717) is 11.0 Å². The summed E-state index contributed by atoms with van der Waals surface area (Å²) < 4.78 is 19.5. The molecule has 0 atom stereocenters. The van der Waals surface area contributed by atoms with Gasteiger partial charge in [-0.2, -0.15) is 0 Å². The summed E-state index contributed by atoms with van der Waals surface area (Å²) in [5.74, 6) is -0.181. The van der Waals surface area contributed by atoms with E-state index in [9.17, 15) is 9.18 Å². The average Bonchev–Trinajstić information content (AvgIpc) is 2.81. The van der Waals surface area contributed by atoms with Crippen LogP contribution in [0, 0.1) is 5.82 Å². The van der Waals surface area contributed by atoms with Crippen LogP contribution in [-0.4, -0.2) is 9.55 Å². The molecular formula is C11H6ClFN2O2. The van der Waals surface area contributed by atoms with Gasteiger partial charge in [0.2, 0.25) is 5.88 Å². The Bertz CT molecular complexity index is 756. The van der Waals surface area contributed by atoms with E-state index in [1.54, 1.807) is 6.07 Å². The number of nitrogens with one attached hydrogen (secondary N) is 1. The van der Waals surface area contributed by atoms with Gasteiger partial charge in [-0.15, -0.1) is 0 Å². The summed E-state index contributed by atoms with van der Waals surface area (Å²) in [6.45, 7) is 0. The number of furan rings is 1. The first-order valence-corrected chi connectivity index (χ1v) is 5.19. The summed E-state index contributed by atoms with van der Waals surface area (Å²) in [4.78, 5) is 14.3. The van der Waals surface area contributed by atoms with Gasteiger partial charge in [0.1, 0.15) is 5.82 Å². The standard InChI is InChI=1S/C11H6ClFN2O2/c12-9-3-4-10(17-9)15-8-5-6(13)1-2-7(8)14-11(15)16/h1-5H,(H,14,16). The molecule has 1 N–H and O–H groups in total. The van der Waals surface area contributed by atoms with E-state index in [1.165, 1.54) is 28.8 Å². The fourth-order valence-corrected chi connectivity index (χ4v) is 1.86. The van der Waals surface area contributed by atoms with Crippen molar-refractivity contribution in [3.05, 3.63) is 51.9 Å². The zero-order valence-electron chi connectivity index (χ0n) is 8.41. The molecule has 0 saturated heterocycles. The van der Waals surface area contributed by atoms with Crippen LogP contribution in [0.4, 0.5) is 4.39 Å². The van der Waals surface area contributed by atoms with Gasteiger partial charge in [-0.3, -0.25) is 0 Å². The molecule has 86 valence electrons. The maximum absolute atomic E-state index is 13.2. The van der Waals surface area contributed by atoms with Crippen molar-refractivity contribution in [1.82, 2.24) is 9.55 Å². The first kappa shape index (κ1) is 10.2. The van der Waals surface area contributed by atoms with Crippen molar-refractivity contribution in [2.75, 3.05) is 0 Å². The Labute approximate surface area is 99.2 Å². The molecule has 0 unspecified atom stereocenters. The van der Waals surface area contributed by atoms with Crippen LogP contribution in [0.1, 0.15) is 0 Å². The minimum Gasteiger partial charge on any atom is -0.428 e. The fraction of sp³-hybridized carbons (Fsp3) is 0. The van der Waals surface area contributed by atoms with Crippen molar-refractivity contribution >= 4 is 22.6 Å². The number of benzene rings is 1. The Hall–Kier alpha value is -2.01. The second-order valence-corrected chi connectivity index (χ2v) is 3.88. The number of aromatic nitrogens is 2. The molecule has 0 radical (unpaired) electrons. The van der Waals surface area contributed by atoms with E-state index in [2.05, 4.69) is 4.98 Å². The van der Waals surface area contributed by atoms with Crippen molar-refractivity contribution in [3.63, 3.8) is 0 Å². The van der Waals surface area contributed by atoms with Crippen LogP contribution in [-0.2, 0) is 0 Å². The number of nitrogens with zero attached hydrogens (tertiary/aromatic N) is 1. The SMILES string of the molecule is O=c1[nH]c2ccc(F)cc2n1-c1ccc(Cl)o1. The quantitative estimate of drug-likeness (QED) is 0.724. The smallest absolute Gasteiger partial charge is 0.333 e. The lowest BCUT2D eigenvalue weighted by molar-refractivity contribution is 0.540. The molecule has 0 saturated carbocycles. The lowest BCUT2D eigenvalue weighted by atomic mass is 10.3. The Kier molecular flexibility index (Phi) is 2.09. The summed E-state index contributed by atoms with van der Waals surface area (Å²) in [6.07, 6.45) is 0. The zero-order valence-corrected chi connectivity index (χ0v) is 9.16. The van der Waals surface area contributed by atoms with Crippen molar-refractivity contribution < 1.29 is 8.81 Å². The number of fused-ring (bicyclic) bond motifs is 1. The number of halogens is 2. The molecule has 0 amide bonds. The average molecular weight is 253 g/mol. The molecule has 3 rings (SSSR count). The van der Waals surface area contributed by atoms with Crippen molar-refractivity contribution in [2.45, 2.75) is 0 Å². The molecule has 1 aromatic carbocycles. The molecule has 0 fully saturated rings. The van der Waals surface area contributed by atoms with E-state index in [-0.39, 0.29) is 11.1 Å². The van der Waals surface area contributed by atoms with Crippen LogP contribution in [0.25, 0.3) is 16.9 Å². The molecule has 0 aliphatic heterocycles. The van der Waals surface area contributed by atoms with Crippen molar-refractivity contribution in [1.29, 1.82) is 0 Å². The molecule has 0 aliphatic rings. The second-order valence-electron chi connectivity index (χ2n) is 3.50. The third kappa shape index (κ3) is 1.55. The van der Waals surface area contributed by atoms with Gasteiger partial charge in [-0.05, 0) is 29.8 Å². The van der Waals surface area contributed by atoms with Crippen LogP contribution >= 0.6 is 11.6 Å². The number of rotatable bonds is 1. The van der Waals surface area contributed by atoms with Crippen molar-refractivity contribution in [3.8, 4) is 5.88 Å². The summed E-state index contributed by atoms with van der Waals surface area (Å²) in [6, 6.07) is 7.08. The Morgan fingerprint density at radius 3 is 2.82 bits per heavy atom. The lowest BCUT2D eigenvalue weighted by Crippen LogP contribution is -2.13. The first-order valence-electron chi connectivity index (χ1n) is 4.81. The molecule has 4 nitrogen and oxygen atoms in total. The maximum Gasteiger partial charge on any atom is 0.333 e. The normalized spacial score (nSPS) is 11.2. The summed E-state index contributed by atoms with van der Waals surface area (Å²) in [5.41, 5.74) is 0.529. The van der Waals surface area contributed by atoms with Crippen LogP contribution < -0.4 is 5.69 Å². The highest BCUT2D eigenvalue weighted by Gasteiger charge is 2.12. The maximum atomic E-state index is 13.2. The van der Waals surface area contributed by atoms with Gasteiger partial charge >= 0.3 is 5.69 Å². The molecular weight excluding hydrogens is 247 g/mol. The van der Waals surface area contributed by atoms with Gasteiger partial charge < -0.3 is 9.40 Å². The molecule has 0 spiro atoms.